The van der Waals surface area contributed by atoms with E-state index in [2.05, 4.69) is 18.9 Å². The first kappa shape index (κ1) is 13.0. The van der Waals surface area contributed by atoms with Crippen LogP contribution in [0.4, 0.5) is 0 Å². The Morgan fingerprint density at radius 3 is 2.43 bits per heavy atom. The van der Waals surface area contributed by atoms with Gasteiger partial charge in [0, 0.05) is 14.1 Å². The molecule has 3 heteroatoms. The first-order valence-corrected chi connectivity index (χ1v) is 5.10. The van der Waals surface area contributed by atoms with Crippen molar-refractivity contribution in [2.45, 2.75) is 33.1 Å². The number of unbranched alkanes of at least 4 members (excludes halogenated alkanes) is 1. The fourth-order valence-corrected chi connectivity index (χ4v) is 1.21. The van der Waals surface area contributed by atoms with Crippen LogP contribution in [0.25, 0.3) is 0 Å². The summed E-state index contributed by atoms with van der Waals surface area (Å²) < 4.78 is 0. The van der Waals surface area contributed by atoms with E-state index in [1.165, 1.54) is 6.42 Å². The molecule has 0 aromatic heterocycles. The smallest absolute Gasteiger partial charge is 0.0547 e. The highest BCUT2D eigenvalue weighted by atomic mass is 15.5. The second-order valence-corrected chi connectivity index (χ2v) is 3.53. The fraction of sp³-hybridized carbons (Fsp3) is 0.636. The van der Waals surface area contributed by atoms with E-state index >= 15 is 0 Å². The molecule has 0 rings (SSSR count). The molecule has 0 aliphatic rings. The largest absolute Gasteiger partial charge is 0.397 e. The molecule has 0 amide bonds. The van der Waals surface area contributed by atoms with Crippen LogP contribution in [0, 0.1) is 0 Å². The zero-order valence-corrected chi connectivity index (χ0v) is 9.85. The van der Waals surface area contributed by atoms with Crippen LogP contribution in [-0.2, 0) is 0 Å². The minimum Gasteiger partial charge on any atom is -0.397 e. The number of nitrogens with zero attached hydrogens (tertiary/aromatic N) is 1. The van der Waals surface area contributed by atoms with Gasteiger partial charge in [-0.3, -0.25) is 0 Å². The molecule has 0 bridgehead atoms. The van der Waals surface area contributed by atoms with E-state index in [1.54, 1.807) is 0 Å². The zero-order valence-electron chi connectivity index (χ0n) is 9.85. The molecule has 3 N–H and O–H groups in total. The fourth-order valence-electron chi connectivity index (χ4n) is 1.21. The monoisotopic (exact) mass is 197 g/mol. The third-order valence-corrected chi connectivity index (χ3v) is 2.28. The summed E-state index contributed by atoms with van der Waals surface area (Å²) in [6, 6.07) is 0. The van der Waals surface area contributed by atoms with E-state index in [-0.39, 0.29) is 0 Å². The summed E-state index contributed by atoms with van der Waals surface area (Å²) in [5, 5.41) is 1.96. The van der Waals surface area contributed by atoms with Crippen LogP contribution in [0.3, 0.4) is 0 Å². The van der Waals surface area contributed by atoms with Crippen LogP contribution >= 0.6 is 0 Å². The van der Waals surface area contributed by atoms with Gasteiger partial charge >= 0.3 is 0 Å². The van der Waals surface area contributed by atoms with E-state index in [0.717, 1.165) is 29.8 Å². The number of hydrogen-bond donors (Lipinski definition) is 2. The van der Waals surface area contributed by atoms with Crippen molar-refractivity contribution in [2.75, 3.05) is 14.1 Å². The van der Waals surface area contributed by atoms with E-state index in [0.29, 0.717) is 0 Å². The summed E-state index contributed by atoms with van der Waals surface area (Å²) >= 11 is 0. The van der Waals surface area contributed by atoms with Crippen molar-refractivity contribution in [3.63, 3.8) is 0 Å². The number of nitrogens with two attached hydrogens (primary N) is 1. The van der Waals surface area contributed by atoms with Crippen molar-refractivity contribution >= 4 is 0 Å². The van der Waals surface area contributed by atoms with E-state index in [1.807, 2.05) is 26.0 Å². The Morgan fingerprint density at radius 2 is 2.07 bits per heavy atom. The number of allylic oxidation sites excluding steroid dienone is 2. The molecular weight excluding hydrogens is 174 g/mol. The number of hydrazine groups is 1. The molecule has 0 spiro atoms. The predicted molar refractivity (Wildman–Crippen MR) is 62.4 cm³/mol. The molecule has 0 saturated carbocycles. The lowest BCUT2D eigenvalue weighted by Gasteiger charge is -2.23. The molecule has 0 aromatic carbocycles. The van der Waals surface area contributed by atoms with Gasteiger partial charge in [0.25, 0.3) is 0 Å². The van der Waals surface area contributed by atoms with Gasteiger partial charge in [-0.25, -0.2) is 5.43 Å². The van der Waals surface area contributed by atoms with Gasteiger partial charge in [0.15, 0.2) is 0 Å². The first-order valence-electron chi connectivity index (χ1n) is 5.10. The highest BCUT2D eigenvalue weighted by Gasteiger charge is 2.07. The van der Waals surface area contributed by atoms with Gasteiger partial charge in [0.1, 0.15) is 0 Å². The molecule has 0 aliphatic heterocycles. The molecule has 0 fully saturated rings. The summed E-state index contributed by atoms with van der Waals surface area (Å²) in [6.45, 7) is 7.97. The molecule has 0 saturated heterocycles. The summed E-state index contributed by atoms with van der Waals surface area (Å²) in [6.07, 6.45) is 3.31. The van der Waals surface area contributed by atoms with Crippen molar-refractivity contribution in [3.8, 4) is 0 Å². The Bertz CT molecular complexity index is 219. The number of hydrogen-bond acceptors (Lipinski definition) is 3. The average molecular weight is 197 g/mol. The van der Waals surface area contributed by atoms with Crippen LogP contribution in [-0.4, -0.2) is 19.1 Å². The van der Waals surface area contributed by atoms with E-state index < -0.39 is 0 Å². The molecule has 0 unspecified atom stereocenters. The molecule has 0 aromatic rings. The minimum atomic E-state index is 0.801. The van der Waals surface area contributed by atoms with Crippen molar-refractivity contribution in [2.24, 2.45) is 5.73 Å². The molecular formula is C11H23N3. The van der Waals surface area contributed by atoms with Gasteiger partial charge in [0.2, 0.25) is 0 Å². The van der Waals surface area contributed by atoms with Crippen molar-refractivity contribution in [3.05, 3.63) is 23.5 Å². The lowest BCUT2D eigenvalue weighted by Crippen LogP contribution is -2.32. The van der Waals surface area contributed by atoms with Gasteiger partial charge < -0.3 is 10.7 Å². The lowest BCUT2D eigenvalue weighted by atomic mass is 10.1. The Morgan fingerprint density at radius 1 is 1.50 bits per heavy atom. The van der Waals surface area contributed by atoms with Gasteiger partial charge in [-0.05, 0) is 25.3 Å². The topological polar surface area (TPSA) is 41.3 Å². The molecule has 0 atom stereocenters. The highest BCUT2D eigenvalue weighted by Crippen LogP contribution is 2.15. The molecule has 0 radical (unpaired) electrons. The molecule has 0 aliphatic carbocycles. The minimum absolute atomic E-state index is 0.801. The first-order chi connectivity index (χ1) is 6.54. The Labute approximate surface area is 87.6 Å². The number of rotatable bonds is 6. The molecule has 0 heterocycles. The van der Waals surface area contributed by atoms with Crippen LogP contribution in [0.2, 0.25) is 0 Å². The normalized spacial score (nSPS) is 12.3. The molecule has 14 heavy (non-hydrogen) atoms. The maximum atomic E-state index is 5.98. The summed E-state index contributed by atoms with van der Waals surface area (Å²) in [4.78, 5) is 0. The van der Waals surface area contributed by atoms with Gasteiger partial charge in [-0.15, -0.1) is 0 Å². The molecule has 82 valence electrons. The van der Waals surface area contributed by atoms with Gasteiger partial charge in [-0.2, -0.15) is 0 Å². The van der Waals surface area contributed by atoms with Gasteiger partial charge in [0.05, 0.1) is 11.4 Å². The Hall–Kier alpha value is -0.960. The SMILES string of the molecule is C=C(C)/C(N)=C(/CCCC)N(C)NC. The summed E-state index contributed by atoms with van der Waals surface area (Å²) in [7, 11) is 3.86. The third kappa shape index (κ3) is 3.83. The van der Waals surface area contributed by atoms with Crippen molar-refractivity contribution in [1.82, 2.24) is 10.4 Å². The van der Waals surface area contributed by atoms with Crippen molar-refractivity contribution < 1.29 is 0 Å². The summed E-state index contributed by atoms with van der Waals surface area (Å²) in [5.41, 5.74) is 11.9. The zero-order chi connectivity index (χ0) is 11.1. The quantitative estimate of drug-likeness (QED) is 0.505. The van der Waals surface area contributed by atoms with Gasteiger partial charge in [-0.1, -0.05) is 19.9 Å². The van der Waals surface area contributed by atoms with Crippen LogP contribution in [0.5, 0.6) is 0 Å². The van der Waals surface area contributed by atoms with E-state index in [9.17, 15) is 0 Å². The second-order valence-electron chi connectivity index (χ2n) is 3.53. The van der Waals surface area contributed by atoms with Crippen LogP contribution in [0.15, 0.2) is 23.5 Å². The van der Waals surface area contributed by atoms with Crippen LogP contribution < -0.4 is 11.2 Å². The Kier molecular flexibility index (Phi) is 6.04. The third-order valence-electron chi connectivity index (χ3n) is 2.28. The maximum absolute atomic E-state index is 5.98. The maximum Gasteiger partial charge on any atom is 0.0547 e. The van der Waals surface area contributed by atoms with Crippen LogP contribution in [0.1, 0.15) is 33.1 Å². The number of nitrogens with one attached hydrogen (secondary N) is 1. The highest BCUT2D eigenvalue weighted by molar-refractivity contribution is 5.27. The molecule has 3 nitrogen and oxygen atoms in total. The second kappa shape index (κ2) is 6.49. The average Bonchev–Trinajstić information content (AvgIpc) is 2.17. The Balaban J connectivity index is 4.69. The predicted octanol–water partition coefficient (Wildman–Crippen LogP) is 1.99. The summed E-state index contributed by atoms with van der Waals surface area (Å²) in [5.74, 6) is 0. The lowest BCUT2D eigenvalue weighted by molar-refractivity contribution is 0.314. The standard InChI is InChI=1S/C11H23N3/c1-6-7-8-10(14(5)13-4)11(12)9(2)3/h13H,2,6-8,12H2,1,3-5H3/b11-10+. The van der Waals surface area contributed by atoms with E-state index in [4.69, 9.17) is 5.73 Å². The van der Waals surface area contributed by atoms with Crippen molar-refractivity contribution in [1.29, 1.82) is 0 Å².